The summed E-state index contributed by atoms with van der Waals surface area (Å²) in [5, 5.41) is 0.721. The fourth-order valence-electron chi connectivity index (χ4n) is 2.37. The smallest absolute Gasteiger partial charge is 0.336 e. The molecule has 0 saturated heterocycles. The van der Waals surface area contributed by atoms with Crippen molar-refractivity contribution >= 4 is 11.0 Å². The van der Waals surface area contributed by atoms with Crippen LogP contribution in [0.5, 0.6) is 11.5 Å². The molecule has 0 N–H and O–H groups in total. The molecule has 0 fully saturated rings. The lowest BCUT2D eigenvalue weighted by atomic mass is 10.1. The average Bonchev–Trinajstić information content (AvgIpc) is 2.54. The molecule has 4 nitrogen and oxygen atoms in total. The number of fused-ring (bicyclic) bond motifs is 1. The summed E-state index contributed by atoms with van der Waals surface area (Å²) in [7, 11) is 1.58. The van der Waals surface area contributed by atoms with Gasteiger partial charge in [-0.2, -0.15) is 0 Å². The summed E-state index contributed by atoms with van der Waals surface area (Å²) in [6, 6.07) is 6.63. The Labute approximate surface area is 142 Å². The second kappa shape index (κ2) is 8.39. The second-order valence-electron chi connectivity index (χ2n) is 5.94. The van der Waals surface area contributed by atoms with E-state index in [1.54, 1.807) is 19.2 Å². The molecular weight excluding hydrogens is 304 g/mol. The summed E-state index contributed by atoms with van der Waals surface area (Å²) in [5.41, 5.74) is 2.61. The maximum atomic E-state index is 11.5. The highest BCUT2D eigenvalue weighted by Crippen LogP contribution is 2.32. The number of hydrogen-bond donors (Lipinski definition) is 0. The number of rotatable bonds is 7. The minimum atomic E-state index is -0.408. The molecule has 0 amide bonds. The van der Waals surface area contributed by atoms with Gasteiger partial charge in [-0.05, 0) is 57.9 Å². The van der Waals surface area contributed by atoms with Gasteiger partial charge in [-0.1, -0.05) is 17.2 Å². The molecule has 0 bridgehead atoms. The van der Waals surface area contributed by atoms with E-state index >= 15 is 0 Å². The van der Waals surface area contributed by atoms with Crippen molar-refractivity contribution in [1.82, 2.24) is 0 Å². The first kappa shape index (κ1) is 17.9. The van der Waals surface area contributed by atoms with Gasteiger partial charge in [0.2, 0.25) is 0 Å². The molecule has 128 valence electrons. The maximum Gasteiger partial charge on any atom is 0.336 e. The minimum absolute atomic E-state index is 0.408. The van der Waals surface area contributed by atoms with E-state index in [1.807, 2.05) is 6.07 Å². The Bertz CT molecular complexity index is 808. The Kier molecular flexibility index (Phi) is 6.24. The van der Waals surface area contributed by atoms with Crippen LogP contribution in [0.15, 0.2) is 56.8 Å². The van der Waals surface area contributed by atoms with Crippen LogP contribution in [0.3, 0.4) is 0 Å². The summed E-state index contributed by atoms with van der Waals surface area (Å²) in [6.45, 7) is 6.73. The quantitative estimate of drug-likeness (QED) is 0.537. The van der Waals surface area contributed by atoms with E-state index in [-0.39, 0.29) is 0 Å². The molecule has 0 unspecified atom stereocenters. The zero-order valence-corrected chi connectivity index (χ0v) is 14.7. The molecule has 0 saturated carbocycles. The Morgan fingerprint density at radius 3 is 2.54 bits per heavy atom. The van der Waals surface area contributed by atoms with Crippen LogP contribution < -0.4 is 15.1 Å². The summed E-state index contributed by atoms with van der Waals surface area (Å²) in [4.78, 5) is 11.5. The van der Waals surface area contributed by atoms with Crippen molar-refractivity contribution < 1.29 is 13.9 Å². The number of methoxy groups -OCH3 is 1. The standard InChI is InChI=1S/C20H24O4/c1-14(2)6-5-7-15(3)12-13-23-18-10-9-17(22-4)16-8-11-19(21)24-20(16)18/h6,8-12H,5,7,13H2,1-4H3/b15-12+. The Hall–Kier alpha value is -2.49. The first-order valence-electron chi connectivity index (χ1n) is 8.04. The third-order valence-electron chi connectivity index (χ3n) is 3.69. The summed E-state index contributed by atoms with van der Waals surface area (Å²) < 4.78 is 16.4. The van der Waals surface area contributed by atoms with Crippen molar-refractivity contribution in [3.63, 3.8) is 0 Å². The molecule has 0 atom stereocenters. The van der Waals surface area contributed by atoms with Gasteiger partial charge in [0.25, 0.3) is 0 Å². The molecule has 24 heavy (non-hydrogen) atoms. The molecule has 0 spiro atoms. The molecule has 0 aliphatic heterocycles. The van der Waals surface area contributed by atoms with Gasteiger partial charge in [0, 0.05) is 6.07 Å². The highest BCUT2D eigenvalue weighted by Gasteiger charge is 2.10. The molecule has 4 heteroatoms. The fourth-order valence-corrected chi connectivity index (χ4v) is 2.37. The number of benzene rings is 1. The first-order chi connectivity index (χ1) is 11.5. The SMILES string of the molecule is COc1ccc(OC/C=C(\C)CCC=C(C)C)c2oc(=O)ccc12. The van der Waals surface area contributed by atoms with Crippen LogP contribution in [0.2, 0.25) is 0 Å². The summed E-state index contributed by atoms with van der Waals surface area (Å²) >= 11 is 0. The Morgan fingerprint density at radius 2 is 1.83 bits per heavy atom. The van der Waals surface area contributed by atoms with Crippen molar-refractivity contribution in [2.75, 3.05) is 13.7 Å². The van der Waals surface area contributed by atoms with Gasteiger partial charge >= 0.3 is 5.63 Å². The molecule has 0 aliphatic rings. The molecule has 2 rings (SSSR count). The molecule has 0 radical (unpaired) electrons. The van der Waals surface area contributed by atoms with E-state index in [0.29, 0.717) is 23.7 Å². The lowest BCUT2D eigenvalue weighted by Gasteiger charge is -2.09. The van der Waals surface area contributed by atoms with Gasteiger partial charge in [-0.25, -0.2) is 4.79 Å². The third-order valence-corrected chi connectivity index (χ3v) is 3.69. The molecule has 1 aromatic carbocycles. The molecule has 2 aromatic rings. The number of hydrogen-bond acceptors (Lipinski definition) is 4. The lowest BCUT2D eigenvalue weighted by molar-refractivity contribution is 0.356. The average molecular weight is 328 g/mol. The predicted molar refractivity (Wildman–Crippen MR) is 97.0 cm³/mol. The predicted octanol–water partition coefficient (Wildman–Crippen LogP) is 4.87. The largest absolute Gasteiger partial charge is 0.496 e. The summed E-state index contributed by atoms with van der Waals surface area (Å²) in [6.07, 6.45) is 6.32. The van der Waals surface area contributed by atoms with Crippen LogP contribution in [0, 0.1) is 0 Å². The fraction of sp³-hybridized carbons (Fsp3) is 0.350. The van der Waals surface area contributed by atoms with E-state index in [9.17, 15) is 4.79 Å². The Morgan fingerprint density at radius 1 is 1.08 bits per heavy atom. The highest BCUT2D eigenvalue weighted by atomic mass is 16.5. The zero-order valence-electron chi connectivity index (χ0n) is 14.7. The van der Waals surface area contributed by atoms with Crippen molar-refractivity contribution in [2.45, 2.75) is 33.6 Å². The van der Waals surface area contributed by atoms with E-state index in [4.69, 9.17) is 13.9 Å². The Balaban J connectivity index is 2.11. The van der Waals surface area contributed by atoms with E-state index in [0.717, 1.165) is 18.2 Å². The van der Waals surface area contributed by atoms with Crippen LogP contribution in [0.4, 0.5) is 0 Å². The number of ether oxygens (including phenoxy) is 2. The monoisotopic (exact) mass is 328 g/mol. The first-order valence-corrected chi connectivity index (χ1v) is 8.04. The second-order valence-corrected chi connectivity index (χ2v) is 5.94. The van der Waals surface area contributed by atoms with Gasteiger partial charge in [0.05, 0.1) is 12.5 Å². The molecule has 0 aliphatic carbocycles. The number of allylic oxidation sites excluding steroid dienone is 3. The van der Waals surface area contributed by atoms with Crippen molar-refractivity contribution in [2.24, 2.45) is 0 Å². The van der Waals surface area contributed by atoms with Crippen LogP contribution in [0.25, 0.3) is 11.0 Å². The van der Waals surface area contributed by atoms with Crippen molar-refractivity contribution in [3.8, 4) is 11.5 Å². The molecular formula is C20H24O4. The third kappa shape index (κ3) is 4.75. The maximum absolute atomic E-state index is 11.5. The topological polar surface area (TPSA) is 48.7 Å². The minimum Gasteiger partial charge on any atom is -0.496 e. The van der Waals surface area contributed by atoms with Gasteiger partial charge in [0.1, 0.15) is 12.4 Å². The van der Waals surface area contributed by atoms with Gasteiger partial charge in [0.15, 0.2) is 11.3 Å². The van der Waals surface area contributed by atoms with Crippen LogP contribution in [-0.4, -0.2) is 13.7 Å². The molecule has 1 heterocycles. The zero-order chi connectivity index (χ0) is 17.5. The lowest BCUT2D eigenvalue weighted by Crippen LogP contribution is -2.00. The summed E-state index contributed by atoms with van der Waals surface area (Å²) in [5.74, 6) is 1.19. The van der Waals surface area contributed by atoms with Crippen LogP contribution >= 0.6 is 0 Å². The van der Waals surface area contributed by atoms with Gasteiger partial charge < -0.3 is 13.9 Å². The van der Waals surface area contributed by atoms with Crippen molar-refractivity contribution in [3.05, 3.63) is 58.0 Å². The normalized spacial score (nSPS) is 11.4. The van der Waals surface area contributed by atoms with Crippen LogP contribution in [0.1, 0.15) is 33.6 Å². The van der Waals surface area contributed by atoms with E-state index in [2.05, 4.69) is 32.9 Å². The highest BCUT2D eigenvalue weighted by molar-refractivity contribution is 5.88. The van der Waals surface area contributed by atoms with Crippen molar-refractivity contribution in [1.29, 1.82) is 0 Å². The molecule has 1 aromatic heterocycles. The van der Waals surface area contributed by atoms with E-state index in [1.165, 1.54) is 17.2 Å². The van der Waals surface area contributed by atoms with Gasteiger partial charge in [-0.3, -0.25) is 0 Å². The van der Waals surface area contributed by atoms with Gasteiger partial charge in [-0.15, -0.1) is 0 Å². The van der Waals surface area contributed by atoms with Crippen LogP contribution in [-0.2, 0) is 0 Å². The van der Waals surface area contributed by atoms with E-state index < -0.39 is 5.63 Å².